The summed E-state index contributed by atoms with van der Waals surface area (Å²) in [6.07, 6.45) is 1.59. The van der Waals surface area contributed by atoms with Crippen LogP contribution in [0.5, 0.6) is 0 Å². The molecule has 3 rings (SSSR count). The van der Waals surface area contributed by atoms with E-state index in [9.17, 15) is 10.1 Å². The molecule has 23 heavy (non-hydrogen) atoms. The van der Waals surface area contributed by atoms with Crippen molar-refractivity contribution >= 4 is 34.2 Å². The number of anilines is 1. The maximum atomic E-state index is 11.7. The van der Waals surface area contributed by atoms with E-state index in [-0.39, 0.29) is 11.8 Å². The molecule has 0 atom stereocenters. The Labute approximate surface area is 139 Å². The second-order valence-corrected chi connectivity index (χ2v) is 6.11. The summed E-state index contributed by atoms with van der Waals surface area (Å²) in [5.74, 6) is 0.946. The normalized spacial score (nSPS) is 15.4. The summed E-state index contributed by atoms with van der Waals surface area (Å²) in [7, 11) is 1.67. The van der Waals surface area contributed by atoms with Gasteiger partial charge in [0.05, 0.1) is 17.1 Å². The van der Waals surface area contributed by atoms with Gasteiger partial charge in [0.1, 0.15) is 5.82 Å². The molecule has 5 nitrogen and oxygen atoms in total. The zero-order valence-electron chi connectivity index (χ0n) is 12.8. The van der Waals surface area contributed by atoms with E-state index in [1.165, 1.54) is 0 Å². The van der Waals surface area contributed by atoms with Gasteiger partial charge in [-0.3, -0.25) is 4.79 Å². The Bertz CT molecular complexity index is 791. The molecule has 1 N–H and O–H groups in total. The Morgan fingerprint density at radius 3 is 2.78 bits per heavy atom. The number of nitrogens with one attached hydrogen (secondary N) is 1. The molecule has 0 saturated carbocycles. The molecule has 1 aromatic carbocycles. The van der Waals surface area contributed by atoms with Crippen LogP contribution < -0.4 is 10.2 Å². The largest absolute Gasteiger partial charge is 0.359 e. The third kappa shape index (κ3) is 3.08. The number of rotatable bonds is 2. The molecule has 0 bridgehead atoms. The van der Waals surface area contributed by atoms with Crippen molar-refractivity contribution in [1.82, 2.24) is 10.3 Å². The van der Waals surface area contributed by atoms with E-state index in [1.54, 1.807) is 25.2 Å². The second-order valence-electron chi connectivity index (χ2n) is 5.68. The average Bonchev–Trinajstić information content (AvgIpc) is 2.60. The number of halogens is 1. The van der Waals surface area contributed by atoms with Crippen molar-refractivity contribution in [2.75, 3.05) is 25.0 Å². The topological polar surface area (TPSA) is 69.0 Å². The number of fused-ring (bicyclic) bond motifs is 1. The minimum atomic E-state index is 0.0611. The van der Waals surface area contributed by atoms with E-state index in [0.717, 1.165) is 42.7 Å². The molecular formula is C17H17ClN4O. The van der Waals surface area contributed by atoms with Gasteiger partial charge in [-0.25, -0.2) is 4.98 Å². The van der Waals surface area contributed by atoms with Gasteiger partial charge in [0, 0.05) is 36.5 Å². The third-order valence-electron chi connectivity index (χ3n) is 4.31. The van der Waals surface area contributed by atoms with E-state index < -0.39 is 0 Å². The third-order valence-corrected chi connectivity index (χ3v) is 4.55. The lowest BCUT2D eigenvalue weighted by molar-refractivity contribution is -0.125. The molecule has 2 aromatic rings. The molecular weight excluding hydrogens is 312 g/mol. The fourth-order valence-electron chi connectivity index (χ4n) is 3.01. The molecule has 6 heteroatoms. The quantitative estimate of drug-likeness (QED) is 0.920. The predicted molar refractivity (Wildman–Crippen MR) is 90.5 cm³/mol. The van der Waals surface area contributed by atoms with Crippen molar-refractivity contribution < 1.29 is 4.79 Å². The average molecular weight is 329 g/mol. The Balaban J connectivity index is 1.88. The van der Waals surface area contributed by atoms with Gasteiger partial charge >= 0.3 is 0 Å². The van der Waals surface area contributed by atoms with Gasteiger partial charge in [0.25, 0.3) is 0 Å². The van der Waals surface area contributed by atoms with E-state index in [4.69, 9.17) is 11.6 Å². The molecule has 1 aliphatic heterocycles. The van der Waals surface area contributed by atoms with E-state index in [0.29, 0.717) is 10.6 Å². The van der Waals surface area contributed by atoms with Crippen LogP contribution in [0.1, 0.15) is 18.4 Å². The number of hydrogen-bond acceptors (Lipinski definition) is 4. The molecule has 1 amide bonds. The summed E-state index contributed by atoms with van der Waals surface area (Å²) in [4.78, 5) is 18.5. The molecule has 2 heterocycles. The second kappa shape index (κ2) is 6.43. The lowest BCUT2D eigenvalue weighted by Gasteiger charge is -2.32. The lowest BCUT2D eigenvalue weighted by Crippen LogP contribution is -2.39. The zero-order valence-corrected chi connectivity index (χ0v) is 13.6. The highest BCUT2D eigenvalue weighted by Gasteiger charge is 2.25. The highest BCUT2D eigenvalue weighted by molar-refractivity contribution is 6.31. The molecule has 0 unspecified atom stereocenters. The van der Waals surface area contributed by atoms with Crippen LogP contribution in [0.3, 0.4) is 0 Å². The van der Waals surface area contributed by atoms with Crippen LogP contribution in [0.2, 0.25) is 5.02 Å². The van der Waals surface area contributed by atoms with E-state index in [2.05, 4.69) is 21.3 Å². The Morgan fingerprint density at radius 1 is 1.39 bits per heavy atom. The van der Waals surface area contributed by atoms with Crippen molar-refractivity contribution in [2.24, 2.45) is 5.92 Å². The van der Waals surface area contributed by atoms with Crippen molar-refractivity contribution in [3.63, 3.8) is 0 Å². The van der Waals surface area contributed by atoms with Crippen molar-refractivity contribution in [3.05, 3.63) is 34.9 Å². The number of aromatic nitrogens is 1. The minimum Gasteiger partial charge on any atom is -0.359 e. The van der Waals surface area contributed by atoms with Crippen molar-refractivity contribution in [2.45, 2.75) is 12.8 Å². The molecule has 0 spiro atoms. The van der Waals surface area contributed by atoms with Crippen LogP contribution in [-0.4, -0.2) is 31.0 Å². The van der Waals surface area contributed by atoms with Gasteiger partial charge < -0.3 is 10.2 Å². The van der Waals surface area contributed by atoms with Gasteiger partial charge in [-0.1, -0.05) is 11.6 Å². The number of hydrogen-bond donors (Lipinski definition) is 1. The summed E-state index contributed by atoms with van der Waals surface area (Å²) < 4.78 is 0. The SMILES string of the molecule is CNC(=O)C1CCN(c2cc(C#N)c3cc(Cl)ccc3n2)CC1. The van der Waals surface area contributed by atoms with E-state index >= 15 is 0 Å². The number of carbonyl (C=O) groups excluding carboxylic acids is 1. The summed E-state index contributed by atoms with van der Waals surface area (Å²) in [6, 6.07) is 9.41. The maximum absolute atomic E-state index is 11.7. The first-order valence-corrected chi connectivity index (χ1v) is 7.97. The molecule has 118 valence electrons. The number of carbonyl (C=O) groups is 1. The van der Waals surface area contributed by atoms with Crippen LogP contribution in [0, 0.1) is 17.2 Å². The molecule has 0 radical (unpaired) electrons. The summed E-state index contributed by atoms with van der Waals surface area (Å²) in [5.41, 5.74) is 1.33. The number of benzene rings is 1. The maximum Gasteiger partial charge on any atom is 0.222 e. The first kappa shape index (κ1) is 15.6. The first-order valence-electron chi connectivity index (χ1n) is 7.59. The predicted octanol–water partition coefficient (Wildman–Crippen LogP) is 2.72. The minimum absolute atomic E-state index is 0.0611. The van der Waals surface area contributed by atoms with Crippen LogP contribution in [0.25, 0.3) is 10.9 Å². The van der Waals surface area contributed by atoms with Gasteiger partial charge in [0.15, 0.2) is 0 Å². The number of piperidine rings is 1. The zero-order chi connectivity index (χ0) is 16.4. The monoisotopic (exact) mass is 328 g/mol. The fourth-order valence-corrected chi connectivity index (χ4v) is 3.19. The Hall–Kier alpha value is -2.32. The van der Waals surface area contributed by atoms with Crippen molar-refractivity contribution in [3.8, 4) is 6.07 Å². The fraction of sp³-hybridized carbons (Fsp3) is 0.353. The van der Waals surface area contributed by atoms with Crippen LogP contribution >= 0.6 is 11.6 Å². The molecule has 1 aliphatic rings. The standard InChI is InChI=1S/C17H17ClN4O/c1-20-17(23)11-4-6-22(7-5-11)16-8-12(10-19)14-9-13(18)2-3-15(14)21-16/h2-3,8-9,11H,4-7H2,1H3,(H,20,23). The van der Waals surface area contributed by atoms with Gasteiger partial charge in [0.2, 0.25) is 5.91 Å². The number of nitriles is 1. The van der Waals surface area contributed by atoms with Crippen LogP contribution in [0.4, 0.5) is 5.82 Å². The summed E-state index contributed by atoms with van der Waals surface area (Å²) >= 11 is 6.01. The molecule has 1 aromatic heterocycles. The van der Waals surface area contributed by atoms with Crippen LogP contribution in [0.15, 0.2) is 24.3 Å². The van der Waals surface area contributed by atoms with E-state index in [1.807, 2.05) is 6.07 Å². The number of nitrogens with zero attached hydrogens (tertiary/aromatic N) is 3. The number of pyridine rings is 1. The summed E-state index contributed by atoms with van der Waals surface area (Å²) in [6.45, 7) is 1.52. The van der Waals surface area contributed by atoms with Gasteiger partial charge in [-0.2, -0.15) is 5.26 Å². The van der Waals surface area contributed by atoms with Gasteiger partial charge in [-0.15, -0.1) is 0 Å². The Morgan fingerprint density at radius 2 is 2.13 bits per heavy atom. The first-order chi connectivity index (χ1) is 11.1. The highest BCUT2D eigenvalue weighted by atomic mass is 35.5. The smallest absolute Gasteiger partial charge is 0.222 e. The highest BCUT2D eigenvalue weighted by Crippen LogP contribution is 2.28. The number of amides is 1. The Kier molecular flexibility index (Phi) is 4.35. The van der Waals surface area contributed by atoms with Gasteiger partial charge in [-0.05, 0) is 37.1 Å². The van der Waals surface area contributed by atoms with Crippen LogP contribution in [-0.2, 0) is 4.79 Å². The lowest BCUT2D eigenvalue weighted by atomic mass is 9.96. The molecule has 0 aliphatic carbocycles. The molecule has 1 fully saturated rings. The van der Waals surface area contributed by atoms with Crippen molar-refractivity contribution in [1.29, 1.82) is 5.26 Å². The summed E-state index contributed by atoms with van der Waals surface area (Å²) in [5, 5.41) is 13.5. The molecule has 1 saturated heterocycles.